The Kier molecular flexibility index (Phi) is 5.25. The Labute approximate surface area is 130 Å². The molecule has 0 saturated carbocycles. The summed E-state index contributed by atoms with van der Waals surface area (Å²) < 4.78 is 4.86. The van der Waals surface area contributed by atoms with E-state index in [0.29, 0.717) is 18.8 Å². The fourth-order valence-corrected chi connectivity index (χ4v) is 2.16. The molecule has 5 heteroatoms. The van der Waals surface area contributed by atoms with E-state index in [0.717, 1.165) is 23.2 Å². The molecule has 22 heavy (non-hydrogen) atoms. The monoisotopic (exact) mass is 299 g/mol. The van der Waals surface area contributed by atoms with Crippen LogP contribution in [0.25, 0.3) is 0 Å². The highest BCUT2D eigenvalue weighted by Gasteiger charge is 2.14. The van der Waals surface area contributed by atoms with E-state index < -0.39 is 0 Å². The molecular formula is C17H21N3O2. The molecule has 0 aliphatic carbocycles. The number of methoxy groups -OCH3 is 1. The predicted octanol–water partition coefficient (Wildman–Crippen LogP) is 2.66. The molecular weight excluding hydrogens is 278 g/mol. The van der Waals surface area contributed by atoms with Gasteiger partial charge in [0.2, 0.25) is 0 Å². The number of anilines is 2. The van der Waals surface area contributed by atoms with Crippen molar-refractivity contribution in [3.63, 3.8) is 0 Å². The number of benzene rings is 2. The number of hydrogen-bond acceptors (Lipinski definition) is 4. The summed E-state index contributed by atoms with van der Waals surface area (Å²) in [7, 11) is 1.39. The SMILES string of the molecule is COC(=O)N(CCc1ccc(N)cc1)Cc1ccc(N)cc1. The minimum absolute atomic E-state index is 0.340. The maximum absolute atomic E-state index is 11.9. The third-order valence-corrected chi connectivity index (χ3v) is 3.44. The number of amides is 1. The first kappa shape index (κ1) is 15.7. The zero-order valence-corrected chi connectivity index (χ0v) is 12.7. The molecule has 1 amide bonds. The number of ether oxygens (including phenoxy) is 1. The van der Waals surface area contributed by atoms with Gasteiger partial charge in [0.25, 0.3) is 0 Å². The molecule has 0 atom stereocenters. The van der Waals surface area contributed by atoms with Crippen molar-refractivity contribution in [2.24, 2.45) is 0 Å². The molecule has 0 aromatic heterocycles. The molecule has 116 valence electrons. The van der Waals surface area contributed by atoms with E-state index in [-0.39, 0.29) is 6.09 Å². The van der Waals surface area contributed by atoms with Crippen molar-refractivity contribution in [2.45, 2.75) is 13.0 Å². The number of hydrogen-bond donors (Lipinski definition) is 2. The van der Waals surface area contributed by atoms with E-state index in [1.807, 2.05) is 48.5 Å². The van der Waals surface area contributed by atoms with Crippen LogP contribution >= 0.6 is 0 Å². The molecule has 0 spiro atoms. The average molecular weight is 299 g/mol. The van der Waals surface area contributed by atoms with E-state index in [1.54, 1.807) is 4.90 Å². The van der Waals surface area contributed by atoms with Gasteiger partial charge in [0, 0.05) is 24.5 Å². The summed E-state index contributed by atoms with van der Waals surface area (Å²) in [6.07, 6.45) is 0.400. The van der Waals surface area contributed by atoms with Crippen LogP contribution in [0.2, 0.25) is 0 Å². The maximum atomic E-state index is 11.9. The standard InChI is InChI=1S/C17H21N3O2/c1-22-17(21)20(12-14-4-8-16(19)9-5-14)11-10-13-2-6-15(18)7-3-13/h2-9H,10-12,18-19H2,1H3. The Morgan fingerprint density at radius 2 is 1.45 bits per heavy atom. The van der Waals surface area contributed by atoms with Gasteiger partial charge in [0.05, 0.1) is 7.11 Å². The normalized spacial score (nSPS) is 10.2. The lowest BCUT2D eigenvalue weighted by molar-refractivity contribution is 0.121. The molecule has 0 fully saturated rings. The Balaban J connectivity index is 2.01. The summed E-state index contributed by atoms with van der Waals surface area (Å²) in [6.45, 7) is 1.06. The molecule has 2 rings (SSSR count). The van der Waals surface area contributed by atoms with Gasteiger partial charge in [-0.05, 0) is 41.8 Å². The van der Waals surface area contributed by atoms with Gasteiger partial charge in [0.15, 0.2) is 0 Å². The van der Waals surface area contributed by atoms with Crippen LogP contribution in [0.15, 0.2) is 48.5 Å². The van der Waals surface area contributed by atoms with E-state index >= 15 is 0 Å². The van der Waals surface area contributed by atoms with Gasteiger partial charge in [-0.3, -0.25) is 0 Å². The quantitative estimate of drug-likeness (QED) is 0.832. The fraction of sp³-hybridized carbons (Fsp3) is 0.235. The highest BCUT2D eigenvalue weighted by Crippen LogP contribution is 2.12. The van der Waals surface area contributed by atoms with Gasteiger partial charge >= 0.3 is 6.09 Å². The number of carbonyl (C=O) groups excluding carboxylic acids is 1. The lowest BCUT2D eigenvalue weighted by Gasteiger charge is -2.21. The number of carbonyl (C=O) groups is 1. The topological polar surface area (TPSA) is 81.6 Å². The Bertz CT molecular complexity index is 609. The first-order valence-electron chi connectivity index (χ1n) is 7.10. The number of nitrogens with zero attached hydrogens (tertiary/aromatic N) is 1. The smallest absolute Gasteiger partial charge is 0.409 e. The molecule has 0 aliphatic rings. The number of nitrogens with two attached hydrogens (primary N) is 2. The van der Waals surface area contributed by atoms with Crippen molar-refractivity contribution >= 4 is 17.5 Å². The third kappa shape index (κ3) is 4.41. The highest BCUT2D eigenvalue weighted by molar-refractivity contribution is 5.67. The molecule has 0 heterocycles. The van der Waals surface area contributed by atoms with Crippen molar-refractivity contribution in [3.8, 4) is 0 Å². The first-order valence-corrected chi connectivity index (χ1v) is 7.10. The van der Waals surface area contributed by atoms with Crippen molar-refractivity contribution in [2.75, 3.05) is 25.1 Å². The van der Waals surface area contributed by atoms with Crippen LogP contribution in [0, 0.1) is 0 Å². The Hall–Kier alpha value is -2.69. The molecule has 0 saturated heterocycles. The lowest BCUT2D eigenvalue weighted by atomic mass is 10.1. The highest BCUT2D eigenvalue weighted by atomic mass is 16.5. The molecule has 0 aliphatic heterocycles. The fourth-order valence-electron chi connectivity index (χ4n) is 2.16. The first-order chi connectivity index (χ1) is 10.6. The van der Waals surface area contributed by atoms with Gasteiger partial charge in [-0.25, -0.2) is 4.79 Å². The summed E-state index contributed by atoms with van der Waals surface area (Å²) in [5.74, 6) is 0. The van der Waals surface area contributed by atoms with Gasteiger partial charge in [-0.1, -0.05) is 24.3 Å². The summed E-state index contributed by atoms with van der Waals surface area (Å²) >= 11 is 0. The minimum atomic E-state index is -0.340. The molecule has 2 aromatic carbocycles. The Morgan fingerprint density at radius 1 is 0.955 bits per heavy atom. The van der Waals surface area contributed by atoms with Gasteiger partial charge < -0.3 is 21.1 Å². The summed E-state index contributed by atoms with van der Waals surface area (Å²) in [6, 6.07) is 15.1. The van der Waals surface area contributed by atoms with Crippen LogP contribution in [-0.4, -0.2) is 24.6 Å². The van der Waals surface area contributed by atoms with Crippen molar-refractivity contribution in [3.05, 3.63) is 59.7 Å². The van der Waals surface area contributed by atoms with Crippen LogP contribution in [-0.2, 0) is 17.7 Å². The zero-order valence-electron chi connectivity index (χ0n) is 12.7. The van der Waals surface area contributed by atoms with E-state index in [2.05, 4.69) is 0 Å². The van der Waals surface area contributed by atoms with Gasteiger partial charge in [-0.2, -0.15) is 0 Å². The summed E-state index contributed by atoms with van der Waals surface area (Å²) in [4.78, 5) is 13.6. The van der Waals surface area contributed by atoms with Crippen LogP contribution in [0.4, 0.5) is 16.2 Å². The second-order valence-electron chi connectivity index (χ2n) is 5.12. The lowest BCUT2D eigenvalue weighted by Crippen LogP contribution is -2.32. The summed E-state index contributed by atoms with van der Waals surface area (Å²) in [5.41, 5.74) is 14.9. The second-order valence-corrected chi connectivity index (χ2v) is 5.12. The van der Waals surface area contributed by atoms with Crippen LogP contribution < -0.4 is 11.5 Å². The number of nitrogen functional groups attached to an aromatic ring is 2. The second kappa shape index (κ2) is 7.36. The molecule has 0 bridgehead atoms. The molecule has 4 N–H and O–H groups in total. The van der Waals surface area contributed by atoms with Crippen molar-refractivity contribution in [1.82, 2.24) is 4.90 Å². The molecule has 2 aromatic rings. The van der Waals surface area contributed by atoms with E-state index in [4.69, 9.17) is 16.2 Å². The summed E-state index contributed by atoms with van der Waals surface area (Å²) in [5, 5.41) is 0. The third-order valence-electron chi connectivity index (χ3n) is 3.44. The van der Waals surface area contributed by atoms with Gasteiger partial charge in [-0.15, -0.1) is 0 Å². The van der Waals surface area contributed by atoms with Crippen molar-refractivity contribution in [1.29, 1.82) is 0 Å². The Morgan fingerprint density at radius 3 is 1.95 bits per heavy atom. The van der Waals surface area contributed by atoms with Crippen LogP contribution in [0.3, 0.4) is 0 Å². The van der Waals surface area contributed by atoms with E-state index in [1.165, 1.54) is 7.11 Å². The predicted molar refractivity (Wildman–Crippen MR) is 88.2 cm³/mol. The maximum Gasteiger partial charge on any atom is 0.409 e. The van der Waals surface area contributed by atoms with Crippen molar-refractivity contribution < 1.29 is 9.53 Å². The largest absolute Gasteiger partial charge is 0.453 e. The molecule has 5 nitrogen and oxygen atoms in total. The van der Waals surface area contributed by atoms with E-state index in [9.17, 15) is 4.79 Å². The average Bonchev–Trinajstić information content (AvgIpc) is 2.54. The van der Waals surface area contributed by atoms with Crippen LogP contribution in [0.1, 0.15) is 11.1 Å². The molecule has 0 unspecified atom stereocenters. The zero-order chi connectivity index (χ0) is 15.9. The number of rotatable bonds is 5. The van der Waals surface area contributed by atoms with Gasteiger partial charge in [0.1, 0.15) is 0 Å². The minimum Gasteiger partial charge on any atom is -0.453 e. The van der Waals surface area contributed by atoms with Crippen LogP contribution in [0.5, 0.6) is 0 Å². The molecule has 0 radical (unpaired) electrons.